The maximum Gasteiger partial charge on any atom is 0.320 e. The lowest BCUT2D eigenvalue weighted by molar-refractivity contribution is 0.0317. The van der Waals surface area contributed by atoms with Crippen LogP contribution in [0.4, 0.5) is 16.0 Å². The Hall–Kier alpha value is -2.82. The number of halogens is 1. The molecule has 1 aromatic heterocycles. The Kier molecular flexibility index (Phi) is 6.94. The largest absolute Gasteiger partial charge is 0.462 e. The van der Waals surface area contributed by atoms with Crippen LogP contribution in [0.2, 0.25) is 0 Å². The van der Waals surface area contributed by atoms with Crippen molar-refractivity contribution >= 4 is 17.3 Å². The van der Waals surface area contributed by atoms with Gasteiger partial charge in [-0.1, -0.05) is 0 Å². The molecule has 2 aliphatic heterocycles. The smallest absolute Gasteiger partial charge is 0.320 e. The zero-order chi connectivity index (χ0) is 22.5. The van der Waals surface area contributed by atoms with E-state index >= 15 is 0 Å². The molecule has 176 valence electrons. The van der Waals surface area contributed by atoms with E-state index in [4.69, 9.17) is 14.2 Å². The number of nitrogens with zero attached hydrogens (tertiary/aromatic N) is 5. The minimum Gasteiger partial charge on any atom is -0.462 e. The molecule has 0 bridgehead atoms. The fraction of sp³-hybridized carbons (Fsp3) is 0.522. The predicted octanol–water partition coefficient (Wildman–Crippen LogP) is 1.93. The highest BCUT2D eigenvalue weighted by Gasteiger charge is 2.19. The first-order valence-corrected chi connectivity index (χ1v) is 11.5. The van der Waals surface area contributed by atoms with Gasteiger partial charge in [0.25, 0.3) is 0 Å². The van der Waals surface area contributed by atoms with Crippen molar-refractivity contribution in [1.82, 2.24) is 14.9 Å². The monoisotopic (exact) mass is 456 g/mol. The molecule has 33 heavy (non-hydrogen) atoms. The summed E-state index contributed by atoms with van der Waals surface area (Å²) in [5, 5.41) is 4.58. The average molecular weight is 457 g/mol. The maximum atomic E-state index is 13.5. The van der Waals surface area contributed by atoms with Gasteiger partial charge in [-0.05, 0) is 36.6 Å². The Morgan fingerprint density at radius 3 is 2.61 bits per heavy atom. The first kappa shape index (κ1) is 22.0. The molecular formula is C23H29FN6O3. The van der Waals surface area contributed by atoms with Gasteiger partial charge in [0.05, 0.1) is 32.1 Å². The molecule has 0 radical (unpaired) electrons. The van der Waals surface area contributed by atoms with E-state index in [2.05, 4.69) is 30.3 Å². The number of nitrogens with one attached hydrogen (secondary N) is 1. The number of anilines is 2. The maximum absolute atomic E-state index is 13.5. The fourth-order valence-electron chi connectivity index (χ4n) is 4.26. The van der Waals surface area contributed by atoms with E-state index in [1.165, 1.54) is 6.07 Å². The number of ether oxygens (including phenoxy) is 3. The van der Waals surface area contributed by atoms with Gasteiger partial charge in [0, 0.05) is 44.4 Å². The molecule has 1 aliphatic carbocycles. The van der Waals surface area contributed by atoms with Crippen LogP contribution < -0.4 is 15.1 Å². The third kappa shape index (κ3) is 5.58. The molecule has 0 unspecified atom stereocenters. The van der Waals surface area contributed by atoms with Crippen molar-refractivity contribution in [2.45, 2.75) is 12.8 Å². The number of benzene rings is 1. The number of rotatable bonds is 7. The summed E-state index contributed by atoms with van der Waals surface area (Å²) >= 11 is 0. The van der Waals surface area contributed by atoms with E-state index in [0.717, 1.165) is 81.4 Å². The van der Waals surface area contributed by atoms with Gasteiger partial charge in [0.15, 0.2) is 5.82 Å². The van der Waals surface area contributed by atoms with Crippen molar-refractivity contribution in [3.8, 4) is 6.01 Å². The molecule has 9 nitrogen and oxygen atoms in total. The molecular weight excluding hydrogens is 427 g/mol. The van der Waals surface area contributed by atoms with Crippen LogP contribution in [0, 0.1) is 5.82 Å². The van der Waals surface area contributed by atoms with Gasteiger partial charge in [0.1, 0.15) is 18.2 Å². The molecule has 10 heteroatoms. The summed E-state index contributed by atoms with van der Waals surface area (Å²) in [5.74, 6) is 1.13. The summed E-state index contributed by atoms with van der Waals surface area (Å²) < 4.78 is 30.3. The topological polar surface area (TPSA) is 84.3 Å². The molecule has 2 saturated heterocycles. The minimum atomic E-state index is -0.215. The van der Waals surface area contributed by atoms with Crippen LogP contribution in [-0.4, -0.2) is 86.3 Å². The zero-order valence-electron chi connectivity index (χ0n) is 18.6. The predicted molar refractivity (Wildman–Crippen MR) is 123 cm³/mol. The molecule has 0 saturated carbocycles. The normalized spacial score (nSPS) is 20.2. The van der Waals surface area contributed by atoms with Crippen LogP contribution in [0.15, 0.2) is 29.4 Å². The van der Waals surface area contributed by atoms with Crippen LogP contribution in [0.3, 0.4) is 0 Å². The Balaban J connectivity index is 1.30. The second kappa shape index (κ2) is 10.4. The van der Waals surface area contributed by atoms with Crippen LogP contribution >= 0.6 is 0 Å². The summed E-state index contributed by atoms with van der Waals surface area (Å²) in [4.78, 5) is 13.6. The molecule has 5 rings (SSSR count). The quantitative estimate of drug-likeness (QED) is 0.633. The van der Waals surface area contributed by atoms with Crippen LogP contribution in [0.25, 0.3) is 0 Å². The van der Waals surface area contributed by atoms with Crippen molar-refractivity contribution in [2.24, 2.45) is 5.10 Å². The Morgan fingerprint density at radius 2 is 1.79 bits per heavy atom. The third-order valence-electron chi connectivity index (χ3n) is 6.08. The van der Waals surface area contributed by atoms with Crippen molar-refractivity contribution in [3.05, 3.63) is 41.2 Å². The van der Waals surface area contributed by atoms with Crippen molar-refractivity contribution < 1.29 is 18.6 Å². The van der Waals surface area contributed by atoms with E-state index in [0.29, 0.717) is 31.6 Å². The molecule has 0 amide bonds. The summed E-state index contributed by atoms with van der Waals surface area (Å²) in [5.41, 5.74) is 5.94. The van der Waals surface area contributed by atoms with Crippen molar-refractivity contribution in [3.63, 3.8) is 0 Å². The molecule has 3 aliphatic rings. The SMILES string of the molecule is Fc1ccc2c(c1)CC/C2=N/Nc1cc(N2CCOCC2)nc(OCCN2CCOCC2)n1. The lowest BCUT2D eigenvalue weighted by atomic mass is 10.1. The number of fused-ring (bicyclic) bond motifs is 1. The highest BCUT2D eigenvalue weighted by atomic mass is 19.1. The lowest BCUT2D eigenvalue weighted by Gasteiger charge is -2.28. The average Bonchev–Trinajstić information content (AvgIpc) is 3.26. The highest BCUT2D eigenvalue weighted by Crippen LogP contribution is 2.25. The molecule has 1 N–H and O–H groups in total. The molecule has 3 heterocycles. The van der Waals surface area contributed by atoms with Crippen LogP contribution in [0.5, 0.6) is 6.01 Å². The van der Waals surface area contributed by atoms with Gasteiger partial charge >= 0.3 is 6.01 Å². The van der Waals surface area contributed by atoms with Gasteiger partial charge in [-0.2, -0.15) is 15.1 Å². The fourth-order valence-corrected chi connectivity index (χ4v) is 4.26. The molecule has 2 fully saturated rings. The van der Waals surface area contributed by atoms with E-state index in [1.54, 1.807) is 12.1 Å². The van der Waals surface area contributed by atoms with E-state index in [9.17, 15) is 4.39 Å². The van der Waals surface area contributed by atoms with Gasteiger partial charge in [-0.25, -0.2) is 4.39 Å². The molecule has 1 aromatic carbocycles. The number of aryl methyl sites for hydroxylation is 1. The summed E-state index contributed by atoms with van der Waals surface area (Å²) in [7, 11) is 0. The zero-order valence-corrected chi connectivity index (χ0v) is 18.6. The van der Waals surface area contributed by atoms with E-state index in [-0.39, 0.29) is 5.82 Å². The van der Waals surface area contributed by atoms with E-state index < -0.39 is 0 Å². The lowest BCUT2D eigenvalue weighted by Crippen LogP contribution is -2.39. The number of aromatic nitrogens is 2. The number of hydrogen-bond donors (Lipinski definition) is 1. The van der Waals surface area contributed by atoms with E-state index in [1.807, 2.05) is 6.07 Å². The Bertz CT molecular complexity index is 992. The second-order valence-electron chi connectivity index (χ2n) is 8.27. The summed E-state index contributed by atoms with van der Waals surface area (Å²) in [6, 6.07) is 7.05. The Morgan fingerprint density at radius 1 is 1.00 bits per heavy atom. The van der Waals surface area contributed by atoms with Crippen molar-refractivity contribution in [2.75, 3.05) is 76.1 Å². The van der Waals surface area contributed by atoms with Gasteiger partial charge in [-0.3, -0.25) is 10.3 Å². The number of hydrogen-bond acceptors (Lipinski definition) is 9. The second-order valence-corrected chi connectivity index (χ2v) is 8.27. The van der Waals surface area contributed by atoms with Crippen LogP contribution in [0.1, 0.15) is 17.5 Å². The molecule has 0 spiro atoms. The van der Waals surface area contributed by atoms with Crippen LogP contribution in [-0.2, 0) is 15.9 Å². The molecule has 2 aromatic rings. The first-order chi connectivity index (χ1) is 16.2. The number of hydrazone groups is 1. The van der Waals surface area contributed by atoms with Gasteiger partial charge < -0.3 is 19.1 Å². The number of morpholine rings is 2. The van der Waals surface area contributed by atoms with Gasteiger partial charge in [0.2, 0.25) is 0 Å². The highest BCUT2D eigenvalue weighted by molar-refractivity contribution is 6.04. The minimum absolute atomic E-state index is 0.215. The third-order valence-corrected chi connectivity index (χ3v) is 6.08. The van der Waals surface area contributed by atoms with Crippen molar-refractivity contribution in [1.29, 1.82) is 0 Å². The standard InChI is InChI=1S/C23H29FN6O3/c24-18-2-3-19-17(15-18)1-4-20(19)27-28-21-16-22(30-8-12-32-13-9-30)26-23(25-21)33-14-7-29-5-10-31-11-6-29/h2-3,15-16H,1,4-14H2,(H,25,26,28)/b27-20-. The van der Waals surface area contributed by atoms with Gasteiger partial charge in [-0.15, -0.1) is 0 Å². The summed E-state index contributed by atoms with van der Waals surface area (Å²) in [6.07, 6.45) is 1.54. The molecule has 0 atom stereocenters. The summed E-state index contributed by atoms with van der Waals surface area (Å²) in [6.45, 7) is 7.48. The Labute approximate surface area is 192 Å². The first-order valence-electron chi connectivity index (χ1n) is 11.5.